The Morgan fingerprint density at radius 1 is 0.458 bits per heavy atom. The lowest BCUT2D eigenvalue weighted by atomic mass is 10.00. The summed E-state index contributed by atoms with van der Waals surface area (Å²) in [6.07, 6.45) is 32.8. The highest BCUT2D eigenvalue weighted by Gasteiger charge is 2.29. The highest BCUT2D eigenvalue weighted by molar-refractivity contribution is 6.21. The number of pyridine rings is 2. The molecule has 0 saturated heterocycles. The fraction of sp³-hybridized carbons (Fsp3) is 0.667. The highest BCUT2D eigenvalue weighted by Crippen LogP contribution is 2.26. The van der Waals surface area contributed by atoms with Crippen LogP contribution in [0.5, 0.6) is 0 Å². The topological polar surface area (TPSA) is 78.4 Å². The van der Waals surface area contributed by atoms with Gasteiger partial charge >= 0.3 is 11.9 Å². The molecule has 48 heavy (non-hydrogen) atoms. The van der Waals surface area contributed by atoms with E-state index in [4.69, 9.17) is 9.47 Å². The molecule has 0 aliphatic heterocycles. The van der Waals surface area contributed by atoms with Crippen molar-refractivity contribution in [2.24, 2.45) is 0 Å². The molecule has 0 aliphatic carbocycles. The molecule has 0 fully saturated rings. The van der Waals surface area contributed by atoms with Crippen LogP contribution in [-0.4, -0.2) is 35.1 Å². The van der Waals surface area contributed by atoms with E-state index < -0.39 is 11.9 Å². The molecule has 0 saturated carbocycles. The summed E-state index contributed by atoms with van der Waals surface area (Å²) < 4.78 is 11.4. The molecule has 2 heterocycles. The first kappa shape index (κ1) is 41.2. The molecule has 0 amide bonds. The summed E-state index contributed by atoms with van der Waals surface area (Å²) in [4.78, 5) is 36.1. The molecule has 2 rings (SSSR count). The third-order valence-corrected chi connectivity index (χ3v) is 8.96. The van der Waals surface area contributed by atoms with Crippen LogP contribution in [0.4, 0.5) is 0 Å². The molecule has 6 nitrogen and oxygen atoms in total. The lowest BCUT2D eigenvalue weighted by molar-refractivity contribution is -0.147. The van der Waals surface area contributed by atoms with Crippen LogP contribution in [0.1, 0.15) is 179 Å². The van der Waals surface area contributed by atoms with Gasteiger partial charge in [-0.15, -0.1) is 0 Å². The standard InChI is InChI=1S/C42H66N2O4/c1-3-5-7-9-11-13-15-17-19-21-23-29-35-47-41(45)40(39(37-31-25-27-33-43-37)38-32-26-28-34-44-38)42(46)48-36-30-24-22-20-18-16-14-12-10-8-6-4-2/h25-28,31-34H,3-24,29-30,35-36H2,1-2H3. The number of esters is 2. The molecule has 2 aromatic heterocycles. The first-order valence-corrected chi connectivity index (χ1v) is 19.6. The minimum absolute atomic E-state index is 0.134. The maximum absolute atomic E-state index is 13.6. The average Bonchev–Trinajstić information content (AvgIpc) is 3.11. The maximum atomic E-state index is 13.6. The fourth-order valence-corrected chi connectivity index (χ4v) is 6.06. The van der Waals surface area contributed by atoms with Crippen LogP contribution in [0.2, 0.25) is 0 Å². The van der Waals surface area contributed by atoms with E-state index in [9.17, 15) is 9.59 Å². The van der Waals surface area contributed by atoms with Crippen LogP contribution < -0.4 is 0 Å². The predicted molar refractivity (Wildman–Crippen MR) is 199 cm³/mol. The van der Waals surface area contributed by atoms with E-state index in [0.29, 0.717) is 17.0 Å². The van der Waals surface area contributed by atoms with Gasteiger partial charge in [-0.25, -0.2) is 9.59 Å². The Hall–Kier alpha value is -3.02. The van der Waals surface area contributed by atoms with Crippen LogP contribution in [-0.2, 0) is 19.1 Å². The van der Waals surface area contributed by atoms with Crippen molar-refractivity contribution in [3.05, 3.63) is 65.8 Å². The SMILES string of the molecule is CCCCCCCCCCCCCCOC(=O)C(C(=O)OCCCCCCCCCCCCCC)=C(c1ccccn1)c1ccccn1. The molecule has 2 aromatic rings. The van der Waals surface area contributed by atoms with Gasteiger partial charge in [0.05, 0.1) is 24.6 Å². The van der Waals surface area contributed by atoms with E-state index in [1.54, 1.807) is 36.7 Å². The van der Waals surface area contributed by atoms with Crippen LogP contribution >= 0.6 is 0 Å². The van der Waals surface area contributed by atoms with Crippen molar-refractivity contribution in [1.29, 1.82) is 0 Å². The van der Waals surface area contributed by atoms with Gasteiger partial charge in [0.2, 0.25) is 0 Å². The van der Waals surface area contributed by atoms with Crippen molar-refractivity contribution in [1.82, 2.24) is 9.97 Å². The Balaban J connectivity index is 1.86. The molecular formula is C42H66N2O4. The fourth-order valence-electron chi connectivity index (χ4n) is 6.06. The molecule has 6 heteroatoms. The van der Waals surface area contributed by atoms with E-state index in [-0.39, 0.29) is 18.8 Å². The van der Waals surface area contributed by atoms with Crippen molar-refractivity contribution in [2.45, 2.75) is 168 Å². The lowest BCUT2D eigenvalue weighted by Crippen LogP contribution is -2.22. The van der Waals surface area contributed by atoms with Crippen molar-refractivity contribution in [3.8, 4) is 0 Å². The van der Waals surface area contributed by atoms with Crippen molar-refractivity contribution < 1.29 is 19.1 Å². The number of hydrogen-bond acceptors (Lipinski definition) is 6. The quantitative estimate of drug-likeness (QED) is 0.0272. The van der Waals surface area contributed by atoms with Crippen LogP contribution in [0, 0.1) is 0 Å². The Morgan fingerprint density at radius 2 is 0.771 bits per heavy atom. The van der Waals surface area contributed by atoms with E-state index >= 15 is 0 Å². The van der Waals surface area contributed by atoms with Gasteiger partial charge in [-0.05, 0) is 37.1 Å². The summed E-state index contributed by atoms with van der Waals surface area (Å²) in [5.74, 6) is -1.35. The van der Waals surface area contributed by atoms with Gasteiger partial charge in [-0.2, -0.15) is 0 Å². The molecule has 0 aromatic carbocycles. The van der Waals surface area contributed by atoms with Crippen LogP contribution in [0.25, 0.3) is 5.57 Å². The van der Waals surface area contributed by atoms with Gasteiger partial charge < -0.3 is 9.47 Å². The summed E-state index contributed by atoms with van der Waals surface area (Å²) in [5, 5.41) is 0. The lowest BCUT2D eigenvalue weighted by Gasteiger charge is -2.14. The molecular weight excluding hydrogens is 596 g/mol. The zero-order valence-corrected chi connectivity index (χ0v) is 30.5. The van der Waals surface area contributed by atoms with Crippen LogP contribution in [0.15, 0.2) is 54.4 Å². The van der Waals surface area contributed by atoms with E-state index in [1.165, 1.54) is 116 Å². The summed E-state index contributed by atoms with van der Waals surface area (Å²) in [6, 6.07) is 10.8. The van der Waals surface area contributed by atoms with Crippen molar-refractivity contribution >= 4 is 17.5 Å². The minimum Gasteiger partial charge on any atom is -0.462 e. The minimum atomic E-state index is -0.677. The Labute approximate surface area is 292 Å². The summed E-state index contributed by atoms with van der Waals surface area (Å²) in [7, 11) is 0. The molecule has 0 aliphatic rings. The highest BCUT2D eigenvalue weighted by atomic mass is 16.6. The molecule has 0 spiro atoms. The molecule has 0 radical (unpaired) electrons. The number of ether oxygens (including phenoxy) is 2. The van der Waals surface area contributed by atoms with Gasteiger partial charge in [0, 0.05) is 18.0 Å². The largest absolute Gasteiger partial charge is 0.462 e. The molecule has 0 atom stereocenters. The number of unbranched alkanes of at least 4 members (excludes halogenated alkanes) is 22. The number of rotatable bonds is 30. The first-order chi connectivity index (χ1) is 23.7. The van der Waals surface area contributed by atoms with Crippen molar-refractivity contribution in [2.75, 3.05) is 13.2 Å². The zero-order chi connectivity index (χ0) is 34.3. The second-order valence-electron chi connectivity index (χ2n) is 13.2. The van der Waals surface area contributed by atoms with E-state index in [2.05, 4.69) is 23.8 Å². The number of carbonyl (C=O) groups excluding carboxylic acids is 2. The second-order valence-corrected chi connectivity index (χ2v) is 13.2. The van der Waals surface area contributed by atoms with Gasteiger partial charge in [0.25, 0.3) is 0 Å². The summed E-state index contributed by atoms with van der Waals surface area (Å²) in [6.45, 7) is 5.05. The predicted octanol–water partition coefficient (Wildman–Crippen LogP) is 11.8. The van der Waals surface area contributed by atoms with Gasteiger partial charge in [-0.3, -0.25) is 9.97 Å². The molecule has 0 bridgehead atoms. The maximum Gasteiger partial charge on any atom is 0.346 e. The average molecular weight is 663 g/mol. The number of hydrogen-bond donors (Lipinski definition) is 0. The normalized spacial score (nSPS) is 11.0. The zero-order valence-electron chi connectivity index (χ0n) is 30.5. The first-order valence-electron chi connectivity index (χ1n) is 19.6. The Morgan fingerprint density at radius 3 is 1.06 bits per heavy atom. The molecule has 268 valence electrons. The van der Waals surface area contributed by atoms with E-state index in [0.717, 1.165) is 38.5 Å². The monoisotopic (exact) mass is 663 g/mol. The smallest absolute Gasteiger partial charge is 0.346 e. The molecule has 0 unspecified atom stereocenters. The van der Waals surface area contributed by atoms with E-state index in [1.807, 2.05) is 12.1 Å². The van der Waals surface area contributed by atoms with Gasteiger partial charge in [-0.1, -0.05) is 167 Å². The second kappa shape index (κ2) is 28.9. The molecule has 0 N–H and O–H groups in total. The number of nitrogens with zero attached hydrogens (tertiary/aromatic N) is 2. The Bertz CT molecular complexity index is 1020. The third-order valence-electron chi connectivity index (χ3n) is 8.96. The van der Waals surface area contributed by atoms with Crippen LogP contribution in [0.3, 0.4) is 0 Å². The summed E-state index contributed by atoms with van der Waals surface area (Å²) in [5.41, 5.74) is 1.17. The number of aromatic nitrogens is 2. The third kappa shape index (κ3) is 19.1. The van der Waals surface area contributed by atoms with Gasteiger partial charge in [0.15, 0.2) is 5.57 Å². The van der Waals surface area contributed by atoms with Crippen molar-refractivity contribution in [3.63, 3.8) is 0 Å². The number of carbonyl (C=O) groups is 2. The Kier molecular flexibility index (Phi) is 24.8. The summed E-state index contributed by atoms with van der Waals surface area (Å²) >= 11 is 0. The van der Waals surface area contributed by atoms with Gasteiger partial charge in [0.1, 0.15) is 0 Å².